The highest BCUT2D eigenvalue weighted by atomic mass is 16.5. The Bertz CT molecular complexity index is 423. The number of nitrogens with one attached hydrogen (secondary N) is 1. The van der Waals surface area contributed by atoms with Gasteiger partial charge in [0, 0.05) is 32.7 Å². The molecule has 1 N–H and O–H groups in total. The van der Waals surface area contributed by atoms with Crippen molar-refractivity contribution in [3.63, 3.8) is 0 Å². The SMILES string of the molecule is CC1(CNCc2nnc3n2CCCC3)CCOCC1. The summed E-state index contributed by atoms with van der Waals surface area (Å²) in [6.07, 6.45) is 5.90. The first-order chi connectivity index (χ1) is 9.27. The number of fused-ring (bicyclic) bond motifs is 1. The second kappa shape index (κ2) is 5.59. The lowest BCUT2D eigenvalue weighted by molar-refractivity contribution is 0.0239. The van der Waals surface area contributed by atoms with Crippen molar-refractivity contribution in [3.8, 4) is 0 Å². The second-order valence-corrected chi connectivity index (χ2v) is 6.17. The zero-order valence-corrected chi connectivity index (χ0v) is 11.8. The minimum absolute atomic E-state index is 0.378. The van der Waals surface area contributed by atoms with E-state index in [1.54, 1.807) is 0 Å². The molecule has 2 aliphatic heterocycles. The molecular weight excluding hydrogens is 240 g/mol. The molecule has 1 fully saturated rings. The molecule has 1 saturated heterocycles. The van der Waals surface area contributed by atoms with Crippen LogP contribution in [0.1, 0.15) is 44.3 Å². The van der Waals surface area contributed by atoms with Crippen LogP contribution < -0.4 is 5.32 Å². The first kappa shape index (κ1) is 13.1. The molecule has 0 saturated carbocycles. The van der Waals surface area contributed by atoms with Gasteiger partial charge in [0.15, 0.2) is 0 Å². The highest BCUT2D eigenvalue weighted by Gasteiger charge is 2.27. The third kappa shape index (κ3) is 2.98. The average Bonchev–Trinajstić information content (AvgIpc) is 2.83. The molecule has 0 atom stereocenters. The molecule has 2 aliphatic rings. The third-order valence-corrected chi connectivity index (χ3v) is 4.47. The van der Waals surface area contributed by atoms with Gasteiger partial charge >= 0.3 is 0 Å². The van der Waals surface area contributed by atoms with Gasteiger partial charge < -0.3 is 14.6 Å². The molecular formula is C14H24N4O. The van der Waals surface area contributed by atoms with E-state index in [0.717, 1.165) is 57.9 Å². The summed E-state index contributed by atoms with van der Waals surface area (Å²) in [7, 11) is 0. The summed E-state index contributed by atoms with van der Waals surface area (Å²) in [5.41, 5.74) is 0.378. The van der Waals surface area contributed by atoms with Crippen molar-refractivity contribution in [2.24, 2.45) is 5.41 Å². The number of aryl methyl sites for hydroxylation is 1. The predicted octanol–water partition coefficient (Wildman–Crippen LogP) is 1.52. The van der Waals surface area contributed by atoms with Crippen molar-refractivity contribution in [1.29, 1.82) is 0 Å². The molecule has 1 aromatic rings. The van der Waals surface area contributed by atoms with Gasteiger partial charge in [-0.25, -0.2) is 0 Å². The van der Waals surface area contributed by atoms with Crippen molar-refractivity contribution in [2.45, 2.75) is 52.1 Å². The summed E-state index contributed by atoms with van der Waals surface area (Å²) >= 11 is 0. The molecule has 1 aromatic heterocycles. The fraction of sp³-hybridized carbons (Fsp3) is 0.857. The molecule has 0 aliphatic carbocycles. The Hall–Kier alpha value is -0.940. The van der Waals surface area contributed by atoms with E-state index < -0.39 is 0 Å². The van der Waals surface area contributed by atoms with Crippen LogP contribution in [-0.4, -0.2) is 34.5 Å². The van der Waals surface area contributed by atoms with Gasteiger partial charge in [-0.1, -0.05) is 6.92 Å². The van der Waals surface area contributed by atoms with E-state index in [-0.39, 0.29) is 0 Å². The lowest BCUT2D eigenvalue weighted by atomic mass is 9.82. The van der Waals surface area contributed by atoms with Gasteiger partial charge in [0.25, 0.3) is 0 Å². The summed E-state index contributed by atoms with van der Waals surface area (Å²) in [4.78, 5) is 0. The third-order valence-electron chi connectivity index (χ3n) is 4.47. The Kier molecular flexibility index (Phi) is 3.84. The zero-order chi connectivity index (χ0) is 13.1. The Labute approximate surface area is 114 Å². The van der Waals surface area contributed by atoms with Crippen LogP contribution in [0.15, 0.2) is 0 Å². The van der Waals surface area contributed by atoms with E-state index in [4.69, 9.17) is 4.74 Å². The molecule has 0 bridgehead atoms. The minimum atomic E-state index is 0.378. The molecule has 106 valence electrons. The van der Waals surface area contributed by atoms with E-state index in [0.29, 0.717) is 5.41 Å². The van der Waals surface area contributed by atoms with Crippen LogP contribution in [0.4, 0.5) is 0 Å². The Morgan fingerprint density at radius 3 is 2.95 bits per heavy atom. The summed E-state index contributed by atoms with van der Waals surface area (Å²) in [5.74, 6) is 2.27. The molecule has 0 aromatic carbocycles. The van der Waals surface area contributed by atoms with Crippen LogP contribution in [0.5, 0.6) is 0 Å². The molecule has 0 unspecified atom stereocenters. The van der Waals surface area contributed by atoms with Gasteiger partial charge in [0.1, 0.15) is 11.6 Å². The Morgan fingerprint density at radius 2 is 2.11 bits per heavy atom. The van der Waals surface area contributed by atoms with Gasteiger partial charge in [-0.15, -0.1) is 10.2 Å². The molecule has 0 radical (unpaired) electrons. The van der Waals surface area contributed by atoms with Gasteiger partial charge in [-0.3, -0.25) is 0 Å². The average molecular weight is 264 g/mol. The lowest BCUT2D eigenvalue weighted by Gasteiger charge is -2.33. The van der Waals surface area contributed by atoms with Crippen LogP contribution in [0.3, 0.4) is 0 Å². The summed E-state index contributed by atoms with van der Waals surface area (Å²) in [6.45, 7) is 7.12. The molecule has 3 heterocycles. The van der Waals surface area contributed by atoms with Gasteiger partial charge in [0.2, 0.25) is 0 Å². The number of hydrogen-bond donors (Lipinski definition) is 1. The molecule has 5 heteroatoms. The highest BCUT2D eigenvalue weighted by molar-refractivity contribution is 4.98. The normalized spacial score (nSPS) is 22.2. The van der Waals surface area contributed by atoms with Crippen LogP contribution in [0.25, 0.3) is 0 Å². The largest absolute Gasteiger partial charge is 0.381 e. The maximum Gasteiger partial charge on any atom is 0.147 e. The van der Waals surface area contributed by atoms with Crippen molar-refractivity contribution in [1.82, 2.24) is 20.1 Å². The number of hydrogen-bond acceptors (Lipinski definition) is 4. The Morgan fingerprint density at radius 1 is 1.26 bits per heavy atom. The maximum atomic E-state index is 5.44. The van der Waals surface area contributed by atoms with Crippen LogP contribution in [0.2, 0.25) is 0 Å². The quantitative estimate of drug-likeness (QED) is 0.896. The summed E-state index contributed by atoms with van der Waals surface area (Å²) in [6, 6.07) is 0. The molecule has 0 amide bonds. The minimum Gasteiger partial charge on any atom is -0.381 e. The van der Waals surface area contributed by atoms with Crippen LogP contribution >= 0.6 is 0 Å². The maximum absolute atomic E-state index is 5.44. The van der Waals surface area contributed by atoms with Crippen LogP contribution in [-0.2, 0) is 24.2 Å². The first-order valence-electron chi connectivity index (χ1n) is 7.46. The van der Waals surface area contributed by atoms with E-state index in [1.165, 1.54) is 18.7 Å². The van der Waals surface area contributed by atoms with Crippen molar-refractivity contribution >= 4 is 0 Å². The standard InChI is InChI=1S/C14H24N4O/c1-14(5-8-19-9-6-14)11-15-10-13-17-16-12-4-2-3-7-18(12)13/h15H,2-11H2,1H3. The summed E-state index contributed by atoms with van der Waals surface area (Å²) < 4.78 is 7.73. The highest BCUT2D eigenvalue weighted by Crippen LogP contribution is 2.28. The van der Waals surface area contributed by atoms with Gasteiger partial charge in [-0.2, -0.15) is 0 Å². The van der Waals surface area contributed by atoms with Crippen LogP contribution in [0, 0.1) is 5.41 Å². The smallest absolute Gasteiger partial charge is 0.147 e. The van der Waals surface area contributed by atoms with Crippen molar-refractivity contribution in [3.05, 3.63) is 11.6 Å². The Balaban J connectivity index is 1.53. The molecule has 5 nitrogen and oxygen atoms in total. The number of aromatic nitrogens is 3. The van der Waals surface area contributed by atoms with E-state index in [1.807, 2.05) is 0 Å². The van der Waals surface area contributed by atoms with Crippen molar-refractivity contribution in [2.75, 3.05) is 19.8 Å². The monoisotopic (exact) mass is 264 g/mol. The lowest BCUT2D eigenvalue weighted by Crippen LogP contribution is -2.37. The fourth-order valence-corrected chi connectivity index (χ4v) is 3.02. The topological polar surface area (TPSA) is 52.0 Å². The van der Waals surface area contributed by atoms with E-state index in [9.17, 15) is 0 Å². The van der Waals surface area contributed by atoms with E-state index >= 15 is 0 Å². The van der Waals surface area contributed by atoms with Gasteiger partial charge in [-0.05, 0) is 31.1 Å². The molecule has 3 rings (SSSR count). The van der Waals surface area contributed by atoms with Gasteiger partial charge in [0.05, 0.1) is 6.54 Å². The molecule has 0 spiro atoms. The number of ether oxygens (including phenoxy) is 1. The second-order valence-electron chi connectivity index (χ2n) is 6.17. The van der Waals surface area contributed by atoms with E-state index in [2.05, 4.69) is 27.0 Å². The molecule has 19 heavy (non-hydrogen) atoms. The number of rotatable bonds is 4. The summed E-state index contributed by atoms with van der Waals surface area (Å²) in [5, 5.41) is 12.2. The zero-order valence-electron chi connectivity index (χ0n) is 11.8. The fourth-order valence-electron chi connectivity index (χ4n) is 3.02. The number of nitrogens with zero attached hydrogens (tertiary/aromatic N) is 3. The predicted molar refractivity (Wildman–Crippen MR) is 72.8 cm³/mol. The van der Waals surface area contributed by atoms with Crippen molar-refractivity contribution < 1.29 is 4.74 Å². The first-order valence-corrected chi connectivity index (χ1v) is 7.46.